The van der Waals surface area contributed by atoms with Gasteiger partial charge in [0.05, 0.1) is 10.8 Å². The third-order valence-electron chi connectivity index (χ3n) is 7.28. The predicted molar refractivity (Wildman–Crippen MR) is 135 cm³/mol. The number of nitrogens with zero attached hydrogens (tertiary/aromatic N) is 3. The second kappa shape index (κ2) is 9.99. The first kappa shape index (κ1) is 23.8. The maximum Gasteiger partial charge on any atom is 0.243 e. The van der Waals surface area contributed by atoms with Crippen LogP contribution in [0.4, 0.5) is 11.4 Å². The van der Waals surface area contributed by atoms with E-state index in [2.05, 4.69) is 22.3 Å². The molecule has 1 atom stereocenters. The Morgan fingerprint density at radius 3 is 2.46 bits per heavy atom. The third kappa shape index (κ3) is 5.06. The number of benzene rings is 2. The zero-order valence-corrected chi connectivity index (χ0v) is 20.7. The number of fused-ring (bicyclic) bond motifs is 1. The number of rotatable bonds is 4. The number of amides is 2. The van der Waals surface area contributed by atoms with Crippen molar-refractivity contribution in [2.24, 2.45) is 5.92 Å². The molecule has 35 heavy (non-hydrogen) atoms. The number of nitrogens with one attached hydrogen (secondary N) is 1. The van der Waals surface area contributed by atoms with Crippen molar-refractivity contribution in [3.8, 4) is 0 Å². The number of sulfonamides is 1. The summed E-state index contributed by atoms with van der Waals surface area (Å²) >= 11 is 0. The number of hydrogen-bond acceptors (Lipinski definition) is 5. The second-order valence-corrected chi connectivity index (χ2v) is 11.5. The van der Waals surface area contributed by atoms with Crippen LogP contribution in [0.25, 0.3) is 0 Å². The lowest BCUT2D eigenvalue weighted by Crippen LogP contribution is -2.53. The fourth-order valence-corrected chi connectivity index (χ4v) is 6.88. The minimum atomic E-state index is -3.72. The first-order valence-electron chi connectivity index (χ1n) is 12.4. The number of piperidine rings is 1. The monoisotopic (exact) mass is 496 g/mol. The number of para-hydroxylation sites is 1. The number of carbonyl (C=O) groups excluding carboxylic acids is 2. The SMILES string of the molecule is O=C1CCCc2cc(S(=O)(=O)N3CCCC(C(=O)N4CCN(c5ccccc5)CC4)C3)ccc2N1. The van der Waals surface area contributed by atoms with Crippen molar-refractivity contribution in [2.75, 3.05) is 49.5 Å². The van der Waals surface area contributed by atoms with Crippen molar-refractivity contribution in [1.82, 2.24) is 9.21 Å². The summed E-state index contributed by atoms with van der Waals surface area (Å²) in [5, 5.41) is 2.85. The van der Waals surface area contributed by atoms with E-state index in [4.69, 9.17) is 0 Å². The smallest absolute Gasteiger partial charge is 0.243 e. The number of hydrogen-bond donors (Lipinski definition) is 1. The van der Waals surface area contributed by atoms with Gasteiger partial charge in [0, 0.05) is 57.1 Å². The minimum absolute atomic E-state index is 0.0404. The number of carbonyl (C=O) groups is 2. The molecular weight excluding hydrogens is 464 g/mol. The molecule has 3 aliphatic rings. The summed E-state index contributed by atoms with van der Waals surface area (Å²) in [6.07, 6.45) is 3.17. The van der Waals surface area contributed by atoms with Gasteiger partial charge in [-0.25, -0.2) is 8.42 Å². The summed E-state index contributed by atoms with van der Waals surface area (Å²) in [5.41, 5.74) is 2.69. The van der Waals surface area contributed by atoms with E-state index in [9.17, 15) is 18.0 Å². The van der Waals surface area contributed by atoms with Gasteiger partial charge in [0.15, 0.2) is 0 Å². The van der Waals surface area contributed by atoms with Crippen LogP contribution < -0.4 is 10.2 Å². The van der Waals surface area contributed by atoms with E-state index in [0.717, 1.165) is 24.3 Å². The van der Waals surface area contributed by atoms with Gasteiger partial charge >= 0.3 is 0 Å². The van der Waals surface area contributed by atoms with E-state index in [1.54, 1.807) is 18.2 Å². The molecule has 8 nitrogen and oxygen atoms in total. The van der Waals surface area contributed by atoms with E-state index < -0.39 is 10.0 Å². The molecule has 9 heteroatoms. The van der Waals surface area contributed by atoms with Gasteiger partial charge in [-0.2, -0.15) is 4.31 Å². The molecule has 2 aromatic carbocycles. The number of piperazine rings is 1. The van der Waals surface area contributed by atoms with E-state index in [1.807, 2.05) is 23.1 Å². The molecule has 2 fully saturated rings. The van der Waals surface area contributed by atoms with E-state index in [1.165, 1.54) is 4.31 Å². The average Bonchev–Trinajstić information content (AvgIpc) is 3.09. The lowest BCUT2D eigenvalue weighted by Gasteiger charge is -2.39. The van der Waals surface area contributed by atoms with Gasteiger partial charge in [0.1, 0.15) is 0 Å². The van der Waals surface area contributed by atoms with Crippen molar-refractivity contribution in [2.45, 2.75) is 37.0 Å². The highest BCUT2D eigenvalue weighted by molar-refractivity contribution is 7.89. The van der Waals surface area contributed by atoms with Gasteiger partial charge in [0.25, 0.3) is 0 Å². The Hall–Kier alpha value is -2.91. The molecular formula is C26H32N4O4S. The molecule has 2 amide bonds. The molecule has 1 unspecified atom stereocenters. The van der Waals surface area contributed by atoms with Crippen molar-refractivity contribution >= 4 is 33.2 Å². The summed E-state index contributed by atoms with van der Waals surface area (Å²) in [5.74, 6) is -0.300. The van der Waals surface area contributed by atoms with Gasteiger partial charge in [-0.05, 0) is 61.6 Å². The van der Waals surface area contributed by atoms with Gasteiger partial charge in [-0.1, -0.05) is 18.2 Å². The molecule has 0 radical (unpaired) electrons. The predicted octanol–water partition coefficient (Wildman–Crippen LogP) is 2.71. The van der Waals surface area contributed by atoms with Crippen molar-refractivity contribution < 1.29 is 18.0 Å². The standard InChI is InChI=1S/C26H32N4O4S/c31-25-10-4-6-20-18-23(11-12-24(20)27-25)35(33,34)30-13-5-7-21(19-30)26(32)29-16-14-28(15-17-29)22-8-2-1-3-9-22/h1-3,8-9,11-12,18,21H,4-7,10,13-17,19H2,(H,27,31). The molecule has 0 aromatic heterocycles. The maximum absolute atomic E-state index is 13.5. The molecule has 3 heterocycles. The van der Waals surface area contributed by atoms with Gasteiger partial charge in [0.2, 0.25) is 21.8 Å². The third-order valence-corrected chi connectivity index (χ3v) is 9.15. The average molecular weight is 497 g/mol. The van der Waals surface area contributed by atoms with Gasteiger partial charge < -0.3 is 15.1 Å². The van der Waals surface area contributed by atoms with E-state index >= 15 is 0 Å². The van der Waals surface area contributed by atoms with Crippen LogP contribution in [0.1, 0.15) is 31.2 Å². The van der Waals surface area contributed by atoms with Crippen molar-refractivity contribution in [3.63, 3.8) is 0 Å². The summed E-state index contributed by atoms with van der Waals surface area (Å²) in [6, 6.07) is 15.1. The molecule has 5 rings (SSSR count). The fraction of sp³-hybridized carbons (Fsp3) is 0.462. The summed E-state index contributed by atoms with van der Waals surface area (Å²) in [6.45, 7) is 3.48. The summed E-state index contributed by atoms with van der Waals surface area (Å²) in [4.78, 5) is 29.5. The molecule has 2 saturated heterocycles. The Bertz CT molecular complexity index is 1190. The molecule has 0 bridgehead atoms. The lowest BCUT2D eigenvalue weighted by atomic mass is 9.97. The number of anilines is 2. The highest BCUT2D eigenvalue weighted by Crippen LogP contribution is 2.30. The maximum atomic E-state index is 13.5. The zero-order valence-electron chi connectivity index (χ0n) is 19.9. The van der Waals surface area contributed by atoms with Crippen LogP contribution >= 0.6 is 0 Å². The normalized spacial score (nSPS) is 21.7. The van der Waals surface area contributed by atoms with Crippen LogP contribution in [-0.2, 0) is 26.0 Å². The van der Waals surface area contributed by atoms with Crippen LogP contribution in [0.2, 0.25) is 0 Å². The van der Waals surface area contributed by atoms with Crippen molar-refractivity contribution in [1.29, 1.82) is 0 Å². The first-order valence-corrected chi connectivity index (χ1v) is 13.9. The van der Waals surface area contributed by atoms with E-state index in [-0.39, 0.29) is 29.2 Å². The molecule has 0 saturated carbocycles. The van der Waals surface area contributed by atoms with Crippen LogP contribution in [0.15, 0.2) is 53.4 Å². The second-order valence-electron chi connectivity index (χ2n) is 9.57. The van der Waals surface area contributed by atoms with Gasteiger partial charge in [-0.15, -0.1) is 0 Å². The van der Waals surface area contributed by atoms with Gasteiger partial charge in [-0.3, -0.25) is 9.59 Å². The summed E-state index contributed by atoms with van der Waals surface area (Å²) < 4.78 is 28.4. The zero-order chi connectivity index (χ0) is 24.4. The Balaban J connectivity index is 1.24. The molecule has 0 aliphatic carbocycles. The largest absolute Gasteiger partial charge is 0.368 e. The minimum Gasteiger partial charge on any atom is -0.368 e. The van der Waals surface area contributed by atoms with E-state index in [0.29, 0.717) is 57.4 Å². The number of aryl methyl sites for hydroxylation is 1. The first-order chi connectivity index (χ1) is 16.9. The Morgan fingerprint density at radius 2 is 1.69 bits per heavy atom. The fourth-order valence-electron chi connectivity index (χ4n) is 5.30. The highest BCUT2D eigenvalue weighted by Gasteiger charge is 2.36. The quantitative estimate of drug-likeness (QED) is 0.703. The van der Waals surface area contributed by atoms with Crippen LogP contribution in [-0.4, -0.2) is 68.7 Å². The van der Waals surface area contributed by atoms with Crippen LogP contribution in [0.5, 0.6) is 0 Å². The Labute approximate surface area is 206 Å². The lowest BCUT2D eigenvalue weighted by molar-refractivity contribution is -0.137. The molecule has 186 valence electrons. The molecule has 1 N–H and O–H groups in total. The van der Waals surface area contributed by atoms with Crippen molar-refractivity contribution in [3.05, 3.63) is 54.1 Å². The highest BCUT2D eigenvalue weighted by atomic mass is 32.2. The topological polar surface area (TPSA) is 90.0 Å². The molecule has 2 aromatic rings. The van der Waals surface area contributed by atoms with Crippen LogP contribution in [0, 0.1) is 5.92 Å². The van der Waals surface area contributed by atoms with Crippen LogP contribution in [0.3, 0.4) is 0 Å². The Kier molecular flexibility index (Phi) is 6.80. The molecule has 0 spiro atoms. The Morgan fingerprint density at radius 1 is 0.914 bits per heavy atom. The molecule has 3 aliphatic heterocycles. The summed E-state index contributed by atoms with van der Waals surface area (Å²) in [7, 11) is -3.72.